The van der Waals surface area contributed by atoms with E-state index in [1.54, 1.807) is 12.3 Å². The number of rotatable bonds is 4. The molecule has 4 heteroatoms. The van der Waals surface area contributed by atoms with E-state index in [-0.39, 0.29) is 5.91 Å². The number of nitrogen functional groups attached to an aromatic ring is 1. The molecule has 0 aliphatic heterocycles. The molecule has 0 saturated heterocycles. The summed E-state index contributed by atoms with van der Waals surface area (Å²) < 4.78 is 0. The van der Waals surface area contributed by atoms with Crippen molar-refractivity contribution in [1.29, 1.82) is 0 Å². The molecule has 2 rings (SSSR count). The molecule has 2 aromatic rings. The van der Waals surface area contributed by atoms with E-state index in [1.165, 1.54) is 0 Å². The van der Waals surface area contributed by atoms with Crippen LogP contribution < -0.4 is 11.1 Å². The van der Waals surface area contributed by atoms with Crippen molar-refractivity contribution in [2.24, 2.45) is 0 Å². The molecule has 94 valence electrons. The van der Waals surface area contributed by atoms with Crippen LogP contribution in [0.4, 0.5) is 5.69 Å². The fourth-order valence-electron chi connectivity index (χ4n) is 1.83. The van der Waals surface area contributed by atoms with E-state index < -0.39 is 0 Å². The van der Waals surface area contributed by atoms with Crippen molar-refractivity contribution in [2.45, 2.75) is 19.8 Å². The lowest BCUT2D eigenvalue weighted by atomic mass is 10.1. The maximum Gasteiger partial charge on any atom is 0.270 e. The van der Waals surface area contributed by atoms with E-state index in [0.717, 1.165) is 23.6 Å². The number of fused-ring (bicyclic) bond motifs is 1. The number of nitrogens with zero attached hydrogens (tertiary/aromatic N) is 1. The van der Waals surface area contributed by atoms with E-state index in [9.17, 15) is 4.79 Å². The Morgan fingerprint density at radius 2 is 2.22 bits per heavy atom. The van der Waals surface area contributed by atoms with Gasteiger partial charge in [0, 0.05) is 23.8 Å². The molecule has 3 N–H and O–H groups in total. The molecule has 0 aliphatic carbocycles. The second kappa shape index (κ2) is 5.49. The fraction of sp³-hybridized carbons (Fsp3) is 0.286. The number of nitrogens with two attached hydrogens (primary N) is 1. The smallest absolute Gasteiger partial charge is 0.270 e. The first-order valence-corrected chi connectivity index (χ1v) is 6.15. The summed E-state index contributed by atoms with van der Waals surface area (Å²) in [5.74, 6) is -0.139. The molecule has 18 heavy (non-hydrogen) atoms. The summed E-state index contributed by atoms with van der Waals surface area (Å²) in [4.78, 5) is 16.2. The molecule has 0 unspecified atom stereocenters. The van der Waals surface area contributed by atoms with Crippen molar-refractivity contribution in [3.8, 4) is 0 Å². The van der Waals surface area contributed by atoms with Crippen LogP contribution >= 0.6 is 0 Å². The van der Waals surface area contributed by atoms with Gasteiger partial charge in [-0.25, -0.2) is 0 Å². The Labute approximate surface area is 106 Å². The molecule has 0 atom stereocenters. The number of carbonyl (C=O) groups is 1. The number of carbonyl (C=O) groups excluding carboxylic acids is 1. The number of hydrogen-bond acceptors (Lipinski definition) is 3. The first-order chi connectivity index (χ1) is 8.72. The first kappa shape index (κ1) is 12.4. The molecule has 0 aliphatic rings. The predicted octanol–water partition coefficient (Wildman–Crippen LogP) is 2.35. The fourth-order valence-corrected chi connectivity index (χ4v) is 1.83. The number of anilines is 1. The average molecular weight is 243 g/mol. The van der Waals surface area contributed by atoms with Crippen LogP contribution in [0.1, 0.15) is 30.3 Å². The minimum Gasteiger partial charge on any atom is -0.399 e. The van der Waals surface area contributed by atoms with Gasteiger partial charge in [0.15, 0.2) is 0 Å². The van der Waals surface area contributed by atoms with Crippen LogP contribution in [-0.2, 0) is 0 Å². The number of unbranched alkanes of at least 4 members (excludes halogenated alkanes) is 1. The Bertz CT molecular complexity index is 566. The monoisotopic (exact) mass is 243 g/mol. The van der Waals surface area contributed by atoms with E-state index >= 15 is 0 Å². The highest BCUT2D eigenvalue weighted by atomic mass is 16.1. The lowest BCUT2D eigenvalue weighted by Gasteiger charge is -2.07. The lowest BCUT2D eigenvalue weighted by molar-refractivity contribution is 0.0950. The molecule has 1 aromatic carbocycles. The minimum atomic E-state index is -0.139. The number of benzene rings is 1. The van der Waals surface area contributed by atoms with Crippen LogP contribution in [0.5, 0.6) is 0 Å². The Morgan fingerprint density at radius 1 is 1.39 bits per heavy atom. The molecular weight excluding hydrogens is 226 g/mol. The highest BCUT2D eigenvalue weighted by molar-refractivity contribution is 6.05. The lowest BCUT2D eigenvalue weighted by Crippen LogP contribution is -2.25. The summed E-state index contributed by atoms with van der Waals surface area (Å²) in [5.41, 5.74) is 6.83. The van der Waals surface area contributed by atoms with Gasteiger partial charge in [0.25, 0.3) is 5.91 Å². The van der Waals surface area contributed by atoms with Crippen molar-refractivity contribution in [3.05, 3.63) is 36.2 Å². The minimum absolute atomic E-state index is 0.139. The summed E-state index contributed by atoms with van der Waals surface area (Å²) in [7, 11) is 0. The molecule has 1 amide bonds. The van der Waals surface area contributed by atoms with Crippen LogP contribution in [-0.4, -0.2) is 17.4 Å². The SMILES string of the molecule is CCCCNC(=O)c1nccc2ccc(N)cc12. The highest BCUT2D eigenvalue weighted by Crippen LogP contribution is 2.19. The summed E-state index contributed by atoms with van der Waals surface area (Å²) in [6.07, 6.45) is 3.67. The van der Waals surface area contributed by atoms with Crippen LogP contribution in [0.2, 0.25) is 0 Å². The Kier molecular flexibility index (Phi) is 3.77. The molecule has 1 aromatic heterocycles. The van der Waals surface area contributed by atoms with E-state index in [1.807, 2.05) is 18.2 Å². The molecule has 0 saturated carbocycles. The van der Waals surface area contributed by atoms with E-state index in [4.69, 9.17) is 5.73 Å². The number of hydrogen-bond donors (Lipinski definition) is 2. The van der Waals surface area contributed by atoms with Crippen molar-refractivity contribution < 1.29 is 4.79 Å². The summed E-state index contributed by atoms with van der Waals surface area (Å²) >= 11 is 0. The predicted molar refractivity (Wildman–Crippen MR) is 73.4 cm³/mol. The van der Waals surface area contributed by atoms with Gasteiger partial charge >= 0.3 is 0 Å². The van der Waals surface area contributed by atoms with Gasteiger partial charge in [-0.15, -0.1) is 0 Å². The Balaban J connectivity index is 2.32. The molecule has 0 bridgehead atoms. The number of pyridine rings is 1. The largest absolute Gasteiger partial charge is 0.399 e. The standard InChI is InChI=1S/C14H17N3O/c1-2-3-7-17-14(18)13-12-9-11(15)5-4-10(12)6-8-16-13/h4-6,8-9H,2-3,7,15H2,1H3,(H,17,18). The average Bonchev–Trinajstić information content (AvgIpc) is 2.38. The van der Waals surface area contributed by atoms with Crippen molar-refractivity contribution in [3.63, 3.8) is 0 Å². The molecule has 0 radical (unpaired) electrons. The van der Waals surface area contributed by atoms with Gasteiger partial charge in [-0.3, -0.25) is 9.78 Å². The van der Waals surface area contributed by atoms with Gasteiger partial charge in [0.2, 0.25) is 0 Å². The van der Waals surface area contributed by atoms with Gasteiger partial charge in [-0.1, -0.05) is 19.4 Å². The third kappa shape index (κ3) is 2.59. The van der Waals surface area contributed by atoms with Crippen LogP contribution in [0.15, 0.2) is 30.5 Å². The molecule has 0 spiro atoms. The Morgan fingerprint density at radius 3 is 3.00 bits per heavy atom. The third-order valence-corrected chi connectivity index (χ3v) is 2.82. The van der Waals surface area contributed by atoms with Gasteiger partial charge in [0.1, 0.15) is 5.69 Å². The van der Waals surface area contributed by atoms with Crippen LogP contribution in [0.3, 0.4) is 0 Å². The number of nitrogens with one attached hydrogen (secondary N) is 1. The number of amides is 1. The normalized spacial score (nSPS) is 10.5. The summed E-state index contributed by atoms with van der Waals surface area (Å²) in [6, 6.07) is 7.38. The van der Waals surface area contributed by atoms with Crippen molar-refractivity contribution in [1.82, 2.24) is 10.3 Å². The zero-order valence-corrected chi connectivity index (χ0v) is 10.4. The number of aromatic nitrogens is 1. The summed E-state index contributed by atoms with van der Waals surface area (Å²) in [6.45, 7) is 2.76. The van der Waals surface area contributed by atoms with Gasteiger partial charge in [-0.2, -0.15) is 0 Å². The molecule has 0 fully saturated rings. The van der Waals surface area contributed by atoms with E-state index in [2.05, 4.69) is 17.2 Å². The van der Waals surface area contributed by atoms with Gasteiger partial charge < -0.3 is 11.1 Å². The second-order valence-electron chi connectivity index (χ2n) is 4.25. The highest BCUT2D eigenvalue weighted by Gasteiger charge is 2.10. The first-order valence-electron chi connectivity index (χ1n) is 6.15. The third-order valence-electron chi connectivity index (χ3n) is 2.82. The quantitative estimate of drug-likeness (QED) is 0.639. The maximum absolute atomic E-state index is 12.0. The molecule has 1 heterocycles. The van der Waals surface area contributed by atoms with Gasteiger partial charge in [0.05, 0.1) is 0 Å². The molecule has 4 nitrogen and oxygen atoms in total. The van der Waals surface area contributed by atoms with Crippen LogP contribution in [0.25, 0.3) is 10.8 Å². The summed E-state index contributed by atoms with van der Waals surface area (Å²) in [5, 5.41) is 4.64. The van der Waals surface area contributed by atoms with Gasteiger partial charge in [-0.05, 0) is 30.0 Å². The van der Waals surface area contributed by atoms with Crippen molar-refractivity contribution >= 4 is 22.4 Å². The molecular formula is C14H17N3O. The zero-order chi connectivity index (χ0) is 13.0. The Hall–Kier alpha value is -2.10. The zero-order valence-electron chi connectivity index (χ0n) is 10.4. The van der Waals surface area contributed by atoms with E-state index in [0.29, 0.717) is 17.9 Å². The van der Waals surface area contributed by atoms with Crippen LogP contribution in [0, 0.1) is 0 Å². The van der Waals surface area contributed by atoms with Crippen molar-refractivity contribution in [2.75, 3.05) is 12.3 Å². The topological polar surface area (TPSA) is 68.0 Å². The second-order valence-corrected chi connectivity index (χ2v) is 4.25. The maximum atomic E-state index is 12.0.